The average molecular weight is 192 g/mol. The molecule has 1 aliphatic rings. The largest absolute Gasteiger partial charge is 0.396 e. The molecule has 0 unspecified atom stereocenters. The van der Waals surface area contributed by atoms with Crippen LogP contribution in [0.3, 0.4) is 0 Å². The number of rotatable bonds is 4. The maximum Gasteiger partial charge on any atom is 0.0527 e. The summed E-state index contributed by atoms with van der Waals surface area (Å²) in [5.74, 6) is 0. The van der Waals surface area contributed by atoms with Crippen LogP contribution in [0.15, 0.2) is 24.3 Å². The molecule has 0 aromatic heterocycles. The number of benzene rings is 1. The second-order valence-corrected chi connectivity index (χ2v) is 4.11. The maximum absolute atomic E-state index is 9.24. The third-order valence-electron chi connectivity index (χ3n) is 3.12. The molecular formula is C12H16O2. The third-order valence-corrected chi connectivity index (χ3v) is 3.12. The van der Waals surface area contributed by atoms with Crippen molar-refractivity contribution in [1.29, 1.82) is 0 Å². The highest BCUT2D eigenvalue weighted by Gasteiger charge is 2.43. The molecule has 0 heterocycles. The van der Waals surface area contributed by atoms with Gasteiger partial charge in [-0.25, -0.2) is 0 Å². The van der Waals surface area contributed by atoms with Crippen LogP contribution >= 0.6 is 0 Å². The van der Waals surface area contributed by atoms with Crippen molar-refractivity contribution in [3.05, 3.63) is 35.4 Å². The predicted octanol–water partition coefficient (Wildman–Crippen LogP) is 1.25. The molecule has 0 atom stereocenters. The number of aliphatic hydroxyl groups excluding tert-OH is 2. The monoisotopic (exact) mass is 192 g/mol. The molecule has 0 radical (unpaired) electrons. The molecule has 2 N–H and O–H groups in total. The van der Waals surface area contributed by atoms with Crippen LogP contribution in [0.5, 0.6) is 0 Å². The van der Waals surface area contributed by atoms with Crippen molar-refractivity contribution in [1.82, 2.24) is 0 Å². The molecular weight excluding hydrogens is 176 g/mol. The van der Waals surface area contributed by atoms with E-state index in [1.165, 1.54) is 5.56 Å². The average Bonchev–Trinajstić information content (AvgIpc) is 3.00. The number of hydrogen-bond donors (Lipinski definition) is 2. The maximum atomic E-state index is 9.24. The van der Waals surface area contributed by atoms with Crippen LogP contribution in [0, 0.1) is 0 Å². The fourth-order valence-corrected chi connectivity index (χ4v) is 1.84. The Balaban J connectivity index is 2.14. The molecule has 0 saturated heterocycles. The summed E-state index contributed by atoms with van der Waals surface area (Å²) in [4.78, 5) is 0. The lowest BCUT2D eigenvalue weighted by Crippen LogP contribution is -2.11. The van der Waals surface area contributed by atoms with Crippen molar-refractivity contribution in [2.75, 3.05) is 13.2 Å². The van der Waals surface area contributed by atoms with E-state index in [2.05, 4.69) is 12.1 Å². The van der Waals surface area contributed by atoms with E-state index >= 15 is 0 Å². The smallest absolute Gasteiger partial charge is 0.0527 e. The molecule has 1 saturated carbocycles. The fourth-order valence-electron chi connectivity index (χ4n) is 1.84. The van der Waals surface area contributed by atoms with E-state index in [-0.39, 0.29) is 18.6 Å². The Morgan fingerprint density at radius 3 is 2.14 bits per heavy atom. The molecule has 14 heavy (non-hydrogen) atoms. The van der Waals surface area contributed by atoms with Crippen LogP contribution in [0.1, 0.15) is 24.0 Å². The van der Waals surface area contributed by atoms with Gasteiger partial charge in [-0.15, -0.1) is 0 Å². The molecule has 1 aromatic carbocycles. The summed E-state index contributed by atoms with van der Waals surface area (Å²) in [6.45, 7) is 0.455. The minimum absolute atomic E-state index is 0.0672. The third kappa shape index (κ3) is 1.68. The van der Waals surface area contributed by atoms with Gasteiger partial charge in [-0.05, 0) is 30.4 Å². The Hall–Kier alpha value is -0.860. The summed E-state index contributed by atoms with van der Waals surface area (Å²) >= 11 is 0. The molecule has 2 nitrogen and oxygen atoms in total. The van der Waals surface area contributed by atoms with E-state index in [0.717, 1.165) is 18.4 Å². The van der Waals surface area contributed by atoms with Gasteiger partial charge in [0.1, 0.15) is 0 Å². The van der Waals surface area contributed by atoms with Crippen LogP contribution in [0.25, 0.3) is 0 Å². The van der Waals surface area contributed by atoms with Gasteiger partial charge >= 0.3 is 0 Å². The zero-order chi connectivity index (χ0) is 10.0. The summed E-state index contributed by atoms with van der Waals surface area (Å²) in [5.41, 5.74) is 2.46. The van der Waals surface area contributed by atoms with Gasteiger partial charge in [0.2, 0.25) is 0 Å². The minimum Gasteiger partial charge on any atom is -0.396 e. The van der Waals surface area contributed by atoms with Gasteiger partial charge in [-0.1, -0.05) is 24.3 Å². The molecule has 0 amide bonds. The van der Waals surface area contributed by atoms with Crippen molar-refractivity contribution in [3.63, 3.8) is 0 Å². The van der Waals surface area contributed by atoms with Crippen LogP contribution in [-0.2, 0) is 11.8 Å². The summed E-state index contributed by atoms with van der Waals surface area (Å²) in [6.07, 6.45) is 2.91. The summed E-state index contributed by atoms with van der Waals surface area (Å²) in [5, 5.41) is 18.0. The van der Waals surface area contributed by atoms with Crippen molar-refractivity contribution < 1.29 is 10.2 Å². The quantitative estimate of drug-likeness (QED) is 0.753. The van der Waals surface area contributed by atoms with E-state index in [9.17, 15) is 5.11 Å². The first-order valence-electron chi connectivity index (χ1n) is 5.12. The molecule has 76 valence electrons. The van der Waals surface area contributed by atoms with Crippen LogP contribution in [-0.4, -0.2) is 23.4 Å². The van der Waals surface area contributed by atoms with Crippen LogP contribution in [0.2, 0.25) is 0 Å². The fraction of sp³-hybridized carbons (Fsp3) is 0.500. The molecule has 2 heteroatoms. The van der Waals surface area contributed by atoms with Crippen molar-refractivity contribution in [2.24, 2.45) is 0 Å². The highest BCUT2D eigenvalue weighted by atomic mass is 16.3. The van der Waals surface area contributed by atoms with E-state index in [1.807, 2.05) is 12.1 Å². The Kier molecular flexibility index (Phi) is 2.57. The second kappa shape index (κ2) is 3.71. The molecule has 0 bridgehead atoms. The van der Waals surface area contributed by atoms with Crippen molar-refractivity contribution >= 4 is 0 Å². The highest BCUT2D eigenvalue weighted by Crippen LogP contribution is 2.47. The molecule has 1 aliphatic carbocycles. The Morgan fingerprint density at radius 2 is 1.71 bits per heavy atom. The number of hydrogen-bond acceptors (Lipinski definition) is 2. The van der Waals surface area contributed by atoms with Gasteiger partial charge in [-0.2, -0.15) is 0 Å². The standard InChI is InChI=1S/C12H16O2/c13-8-5-10-1-3-11(4-2-10)12(9-14)6-7-12/h1-4,13-14H,5-9H2. The Labute approximate surface area is 84.2 Å². The lowest BCUT2D eigenvalue weighted by Gasteiger charge is -2.12. The molecule has 1 aromatic rings. The van der Waals surface area contributed by atoms with Gasteiger partial charge in [0, 0.05) is 12.0 Å². The minimum atomic E-state index is 0.0672. The lowest BCUT2D eigenvalue weighted by molar-refractivity contribution is 0.255. The van der Waals surface area contributed by atoms with Gasteiger partial charge < -0.3 is 10.2 Å². The first-order chi connectivity index (χ1) is 6.80. The first kappa shape index (κ1) is 9.69. The highest BCUT2D eigenvalue weighted by molar-refractivity contribution is 5.33. The van der Waals surface area contributed by atoms with Crippen LogP contribution in [0.4, 0.5) is 0 Å². The van der Waals surface area contributed by atoms with E-state index in [1.54, 1.807) is 0 Å². The number of aliphatic hydroxyl groups is 2. The molecule has 1 fully saturated rings. The molecule has 0 aliphatic heterocycles. The summed E-state index contributed by atoms with van der Waals surface area (Å²) in [6, 6.07) is 8.24. The Bertz CT molecular complexity index is 299. The van der Waals surface area contributed by atoms with Crippen LogP contribution < -0.4 is 0 Å². The second-order valence-electron chi connectivity index (χ2n) is 4.11. The topological polar surface area (TPSA) is 40.5 Å². The van der Waals surface area contributed by atoms with E-state index in [4.69, 9.17) is 5.11 Å². The van der Waals surface area contributed by atoms with E-state index in [0.29, 0.717) is 6.42 Å². The van der Waals surface area contributed by atoms with Gasteiger partial charge in [0.25, 0.3) is 0 Å². The Morgan fingerprint density at radius 1 is 1.07 bits per heavy atom. The van der Waals surface area contributed by atoms with Crippen molar-refractivity contribution in [2.45, 2.75) is 24.7 Å². The lowest BCUT2D eigenvalue weighted by atomic mass is 9.95. The van der Waals surface area contributed by atoms with Gasteiger partial charge in [0.05, 0.1) is 6.61 Å². The predicted molar refractivity (Wildman–Crippen MR) is 55.2 cm³/mol. The van der Waals surface area contributed by atoms with Crippen molar-refractivity contribution in [3.8, 4) is 0 Å². The summed E-state index contributed by atoms with van der Waals surface area (Å²) < 4.78 is 0. The zero-order valence-electron chi connectivity index (χ0n) is 8.24. The van der Waals surface area contributed by atoms with E-state index < -0.39 is 0 Å². The first-order valence-corrected chi connectivity index (χ1v) is 5.12. The SMILES string of the molecule is OCCc1ccc(C2(CO)CC2)cc1. The normalized spacial score (nSPS) is 18.1. The summed E-state index contributed by atoms with van der Waals surface area (Å²) in [7, 11) is 0. The van der Waals surface area contributed by atoms with Gasteiger partial charge in [0.15, 0.2) is 0 Å². The van der Waals surface area contributed by atoms with Gasteiger partial charge in [-0.3, -0.25) is 0 Å². The molecule has 2 rings (SSSR count). The zero-order valence-corrected chi connectivity index (χ0v) is 8.24. The molecule has 0 spiro atoms.